The van der Waals surface area contributed by atoms with Crippen molar-refractivity contribution in [2.24, 2.45) is 0 Å². The van der Waals surface area contributed by atoms with Crippen LogP contribution in [0.5, 0.6) is 0 Å². The van der Waals surface area contributed by atoms with Crippen molar-refractivity contribution < 1.29 is 23.7 Å². The average molecular weight is 325 g/mol. The number of hydrogen-bond acceptors (Lipinski definition) is 5. The third kappa shape index (κ3) is 17.6. The highest BCUT2D eigenvalue weighted by atomic mass is 35.5. The van der Waals surface area contributed by atoms with E-state index >= 15 is 0 Å². The summed E-state index contributed by atoms with van der Waals surface area (Å²) < 4.78 is 20.8. The molecule has 0 aliphatic carbocycles. The molecule has 0 radical (unpaired) electrons. The fourth-order valence-corrected chi connectivity index (χ4v) is 1.77. The Hall–Kier alpha value is -0.360. The van der Waals surface area contributed by atoms with Crippen LogP contribution in [0.2, 0.25) is 0 Å². The molecule has 0 aliphatic rings. The SMILES string of the molecule is CCOC(=O)CCOCCOCCOCCCCCCCl. The van der Waals surface area contributed by atoms with Crippen molar-refractivity contribution in [2.75, 3.05) is 52.1 Å². The molecule has 0 fully saturated rings. The Balaban J connectivity index is 3.01. The van der Waals surface area contributed by atoms with Gasteiger partial charge < -0.3 is 18.9 Å². The summed E-state index contributed by atoms with van der Waals surface area (Å²) in [5.41, 5.74) is 0. The van der Waals surface area contributed by atoms with E-state index in [1.54, 1.807) is 6.92 Å². The molecule has 6 heteroatoms. The number of rotatable bonds is 16. The first-order valence-electron chi connectivity index (χ1n) is 7.76. The minimum atomic E-state index is -0.224. The van der Waals surface area contributed by atoms with Gasteiger partial charge in [0.1, 0.15) is 0 Å². The maximum atomic E-state index is 11.0. The normalized spacial score (nSPS) is 10.8. The van der Waals surface area contributed by atoms with Crippen LogP contribution in [0.3, 0.4) is 0 Å². The Labute approximate surface area is 133 Å². The Kier molecular flexibility index (Phi) is 17.4. The molecule has 21 heavy (non-hydrogen) atoms. The van der Waals surface area contributed by atoms with Gasteiger partial charge in [0.15, 0.2) is 0 Å². The summed E-state index contributed by atoms with van der Waals surface area (Å²) in [6, 6.07) is 0. The molecule has 126 valence electrons. The zero-order chi connectivity index (χ0) is 15.6. The van der Waals surface area contributed by atoms with Crippen LogP contribution in [0, 0.1) is 0 Å². The zero-order valence-electron chi connectivity index (χ0n) is 13.1. The van der Waals surface area contributed by atoms with Gasteiger partial charge in [-0.3, -0.25) is 4.79 Å². The van der Waals surface area contributed by atoms with Gasteiger partial charge in [-0.2, -0.15) is 0 Å². The van der Waals surface area contributed by atoms with Crippen LogP contribution >= 0.6 is 11.6 Å². The Morgan fingerprint density at radius 2 is 1.38 bits per heavy atom. The summed E-state index contributed by atoms with van der Waals surface area (Å²) >= 11 is 5.59. The molecule has 0 aliphatic heterocycles. The fraction of sp³-hybridized carbons (Fsp3) is 0.933. The molecule has 0 saturated carbocycles. The molecule has 5 nitrogen and oxygen atoms in total. The summed E-state index contributed by atoms with van der Waals surface area (Å²) in [7, 11) is 0. The lowest BCUT2D eigenvalue weighted by molar-refractivity contribution is -0.144. The van der Waals surface area contributed by atoms with E-state index in [0.29, 0.717) is 46.1 Å². The van der Waals surface area contributed by atoms with Crippen molar-refractivity contribution in [3.63, 3.8) is 0 Å². The van der Waals surface area contributed by atoms with Gasteiger partial charge in [0.2, 0.25) is 0 Å². The first-order chi connectivity index (χ1) is 10.3. The molecule has 0 spiro atoms. The first-order valence-corrected chi connectivity index (χ1v) is 8.29. The molecule has 0 rings (SSSR count). The van der Waals surface area contributed by atoms with E-state index in [2.05, 4.69) is 0 Å². The summed E-state index contributed by atoms with van der Waals surface area (Å²) in [5.74, 6) is 0.522. The number of esters is 1. The molecule has 0 heterocycles. The quantitative estimate of drug-likeness (QED) is 0.248. The Bertz CT molecular complexity index is 226. The molecule has 0 saturated heterocycles. The Morgan fingerprint density at radius 1 is 0.810 bits per heavy atom. The molecule has 0 bridgehead atoms. The number of ether oxygens (including phenoxy) is 4. The van der Waals surface area contributed by atoms with Gasteiger partial charge in [-0.1, -0.05) is 12.8 Å². The van der Waals surface area contributed by atoms with E-state index in [-0.39, 0.29) is 5.97 Å². The van der Waals surface area contributed by atoms with E-state index in [0.717, 1.165) is 25.3 Å². The highest BCUT2D eigenvalue weighted by Crippen LogP contribution is 2.01. The third-order valence-corrected chi connectivity index (χ3v) is 2.94. The summed E-state index contributed by atoms with van der Waals surface area (Å²) in [6.07, 6.45) is 4.80. The van der Waals surface area contributed by atoms with E-state index in [1.165, 1.54) is 12.8 Å². The van der Waals surface area contributed by atoms with Gasteiger partial charge in [-0.05, 0) is 19.8 Å². The lowest BCUT2D eigenvalue weighted by Crippen LogP contribution is -2.12. The molecule has 0 unspecified atom stereocenters. The number of hydrogen-bond donors (Lipinski definition) is 0. The second-order valence-electron chi connectivity index (χ2n) is 4.50. The molecule has 0 aromatic heterocycles. The van der Waals surface area contributed by atoms with Crippen molar-refractivity contribution in [3.8, 4) is 0 Å². The number of carbonyl (C=O) groups excluding carboxylic acids is 1. The van der Waals surface area contributed by atoms with Crippen LogP contribution in [-0.2, 0) is 23.7 Å². The maximum Gasteiger partial charge on any atom is 0.308 e. The van der Waals surface area contributed by atoms with Crippen molar-refractivity contribution in [2.45, 2.75) is 39.0 Å². The number of alkyl halides is 1. The second-order valence-corrected chi connectivity index (χ2v) is 4.87. The first kappa shape index (κ1) is 20.6. The number of halogens is 1. The molecule has 0 atom stereocenters. The van der Waals surface area contributed by atoms with Crippen molar-refractivity contribution in [3.05, 3.63) is 0 Å². The maximum absolute atomic E-state index is 11.0. The molecule has 0 N–H and O–H groups in total. The van der Waals surface area contributed by atoms with E-state index < -0.39 is 0 Å². The van der Waals surface area contributed by atoms with Crippen LogP contribution in [0.1, 0.15) is 39.0 Å². The summed E-state index contributed by atoms with van der Waals surface area (Å²) in [5, 5.41) is 0. The van der Waals surface area contributed by atoms with Crippen molar-refractivity contribution >= 4 is 17.6 Å². The minimum Gasteiger partial charge on any atom is -0.466 e. The van der Waals surface area contributed by atoms with Crippen LogP contribution < -0.4 is 0 Å². The van der Waals surface area contributed by atoms with Crippen LogP contribution in [-0.4, -0.2) is 58.1 Å². The Morgan fingerprint density at radius 3 is 2.00 bits per heavy atom. The molecule has 0 amide bonds. The van der Waals surface area contributed by atoms with Crippen LogP contribution in [0.4, 0.5) is 0 Å². The second kappa shape index (κ2) is 17.7. The largest absolute Gasteiger partial charge is 0.466 e. The summed E-state index contributed by atoms with van der Waals surface area (Å²) in [6.45, 7) is 5.53. The van der Waals surface area contributed by atoms with E-state index in [4.69, 9.17) is 30.5 Å². The lowest BCUT2D eigenvalue weighted by atomic mass is 10.2. The van der Waals surface area contributed by atoms with E-state index in [9.17, 15) is 4.79 Å². The van der Waals surface area contributed by atoms with Gasteiger partial charge in [-0.25, -0.2) is 0 Å². The van der Waals surface area contributed by atoms with Gasteiger partial charge in [0, 0.05) is 12.5 Å². The van der Waals surface area contributed by atoms with Crippen molar-refractivity contribution in [1.29, 1.82) is 0 Å². The van der Waals surface area contributed by atoms with E-state index in [1.807, 2.05) is 0 Å². The standard InChI is InChI=1S/C15H29ClO5/c1-2-21-15(17)7-10-19-12-14-20-13-11-18-9-6-4-3-5-8-16/h2-14H2,1H3. The number of unbranched alkanes of at least 4 members (excludes halogenated alkanes) is 3. The molecule has 0 aromatic rings. The monoisotopic (exact) mass is 324 g/mol. The third-order valence-electron chi connectivity index (χ3n) is 2.67. The predicted molar refractivity (Wildman–Crippen MR) is 82.9 cm³/mol. The summed E-state index contributed by atoms with van der Waals surface area (Å²) in [4.78, 5) is 11.0. The molecule has 0 aromatic carbocycles. The zero-order valence-corrected chi connectivity index (χ0v) is 13.9. The van der Waals surface area contributed by atoms with Crippen LogP contribution in [0.25, 0.3) is 0 Å². The fourth-order valence-electron chi connectivity index (χ4n) is 1.58. The lowest BCUT2D eigenvalue weighted by Gasteiger charge is -2.07. The van der Waals surface area contributed by atoms with Gasteiger partial charge in [0.05, 0.1) is 46.1 Å². The van der Waals surface area contributed by atoms with Crippen LogP contribution in [0.15, 0.2) is 0 Å². The smallest absolute Gasteiger partial charge is 0.308 e. The molecular formula is C15H29ClO5. The van der Waals surface area contributed by atoms with Crippen molar-refractivity contribution in [1.82, 2.24) is 0 Å². The van der Waals surface area contributed by atoms with Gasteiger partial charge in [-0.15, -0.1) is 11.6 Å². The minimum absolute atomic E-state index is 0.224. The van der Waals surface area contributed by atoms with Gasteiger partial charge >= 0.3 is 5.97 Å². The molecular weight excluding hydrogens is 296 g/mol. The highest BCUT2D eigenvalue weighted by Gasteiger charge is 2.00. The predicted octanol–water partition coefficient (Wildman–Crippen LogP) is 2.79. The van der Waals surface area contributed by atoms with Gasteiger partial charge in [0.25, 0.3) is 0 Å². The number of carbonyl (C=O) groups is 1. The highest BCUT2D eigenvalue weighted by molar-refractivity contribution is 6.17. The topological polar surface area (TPSA) is 54.0 Å². The average Bonchev–Trinajstić information content (AvgIpc) is 2.48.